The van der Waals surface area contributed by atoms with Crippen LogP contribution in [0.3, 0.4) is 0 Å². The van der Waals surface area contributed by atoms with Gasteiger partial charge in [-0.2, -0.15) is 0 Å². The second kappa shape index (κ2) is 7.55. The highest BCUT2D eigenvalue weighted by atomic mass is 16.4. The zero-order valence-electron chi connectivity index (χ0n) is 13.6. The SMILES string of the molecule is CN(Cc1ccccc1)C(=O)CCc1nnc(-c2ccccc2)o1. The first-order valence-electron chi connectivity index (χ1n) is 7.88. The summed E-state index contributed by atoms with van der Waals surface area (Å²) in [6, 6.07) is 19.5. The molecule has 122 valence electrons. The molecule has 0 aliphatic heterocycles. The lowest BCUT2D eigenvalue weighted by molar-refractivity contribution is -0.130. The van der Waals surface area contributed by atoms with E-state index in [4.69, 9.17) is 4.42 Å². The van der Waals surface area contributed by atoms with E-state index in [-0.39, 0.29) is 5.91 Å². The second-order valence-electron chi connectivity index (χ2n) is 5.60. The molecule has 3 aromatic rings. The van der Waals surface area contributed by atoms with E-state index < -0.39 is 0 Å². The number of carbonyl (C=O) groups excluding carboxylic acids is 1. The molecule has 3 rings (SSSR count). The summed E-state index contributed by atoms with van der Waals surface area (Å²) in [7, 11) is 1.80. The average Bonchev–Trinajstić information content (AvgIpc) is 3.10. The minimum Gasteiger partial charge on any atom is -0.421 e. The van der Waals surface area contributed by atoms with Crippen LogP contribution in [0.25, 0.3) is 11.5 Å². The summed E-state index contributed by atoms with van der Waals surface area (Å²) in [4.78, 5) is 13.9. The number of hydrogen-bond donors (Lipinski definition) is 0. The Labute approximate surface area is 140 Å². The zero-order chi connectivity index (χ0) is 16.8. The molecule has 5 heteroatoms. The van der Waals surface area contributed by atoms with Crippen LogP contribution in [0.15, 0.2) is 65.1 Å². The number of carbonyl (C=O) groups is 1. The van der Waals surface area contributed by atoms with Crippen LogP contribution in [0.5, 0.6) is 0 Å². The Hall–Kier alpha value is -2.95. The van der Waals surface area contributed by atoms with Crippen LogP contribution in [0.1, 0.15) is 17.9 Å². The molecule has 0 saturated carbocycles. The third-order valence-electron chi connectivity index (χ3n) is 3.73. The van der Waals surface area contributed by atoms with E-state index in [1.165, 1.54) is 0 Å². The maximum atomic E-state index is 12.2. The van der Waals surface area contributed by atoms with Gasteiger partial charge in [-0.3, -0.25) is 4.79 Å². The van der Waals surface area contributed by atoms with Gasteiger partial charge in [0, 0.05) is 32.0 Å². The lowest BCUT2D eigenvalue weighted by atomic mass is 10.2. The van der Waals surface area contributed by atoms with Crippen molar-refractivity contribution in [2.45, 2.75) is 19.4 Å². The molecule has 0 aliphatic carbocycles. The standard InChI is InChI=1S/C19H19N3O2/c1-22(14-15-8-4-2-5-9-15)18(23)13-12-17-20-21-19(24-17)16-10-6-3-7-11-16/h2-11H,12-14H2,1H3. The molecular weight excluding hydrogens is 302 g/mol. The van der Waals surface area contributed by atoms with Crippen molar-refractivity contribution in [1.29, 1.82) is 0 Å². The molecule has 5 nitrogen and oxygen atoms in total. The smallest absolute Gasteiger partial charge is 0.247 e. The van der Waals surface area contributed by atoms with Crippen LogP contribution in [-0.2, 0) is 17.8 Å². The van der Waals surface area contributed by atoms with E-state index in [0.29, 0.717) is 31.2 Å². The number of aryl methyl sites for hydroxylation is 1. The Bertz CT molecular complexity index is 785. The summed E-state index contributed by atoms with van der Waals surface area (Å²) in [5.74, 6) is 1.02. The van der Waals surface area contributed by atoms with Gasteiger partial charge in [-0.25, -0.2) is 0 Å². The van der Waals surface area contributed by atoms with Crippen molar-refractivity contribution in [3.8, 4) is 11.5 Å². The van der Waals surface area contributed by atoms with E-state index in [1.54, 1.807) is 11.9 Å². The quantitative estimate of drug-likeness (QED) is 0.699. The molecule has 0 unspecified atom stereocenters. The number of rotatable bonds is 6. The van der Waals surface area contributed by atoms with Crippen molar-refractivity contribution in [3.05, 3.63) is 72.1 Å². The van der Waals surface area contributed by atoms with Gasteiger partial charge in [0.15, 0.2) is 0 Å². The van der Waals surface area contributed by atoms with Gasteiger partial charge in [0.25, 0.3) is 0 Å². The minimum absolute atomic E-state index is 0.0540. The van der Waals surface area contributed by atoms with Gasteiger partial charge in [-0.15, -0.1) is 10.2 Å². The Kier molecular flexibility index (Phi) is 5.01. The van der Waals surface area contributed by atoms with Gasteiger partial charge < -0.3 is 9.32 Å². The fraction of sp³-hybridized carbons (Fsp3) is 0.211. The first-order valence-corrected chi connectivity index (χ1v) is 7.88. The molecule has 0 fully saturated rings. The predicted molar refractivity (Wildman–Crippen MR) is 91.0 cm³/mol. The molecule has 0 saturated heterocycles. The predicted octanol–water partition coefficient (Wildman–Crippen LogP) is 3.33. The average molecular weight is 321 g/mol. The molecule has 0 N–H and O–H groups in total. The molecular formula is C19H19N3O2. The van der Waals surface area contributed by atoms with Crippen molar-refractivity contribution in [1.82, 2.24) is 15.1 Å². The molecule has 2 aromatic carbocycles. The van der Waals surface area contributed by atoms with Crippen LogP contribution < -0.4 is 0 Å². The highest BCUT2D eigenvalue weighted by Crippen LogP contribution is 2.17. The number of amides is 1. The van der Waals surface area contributed by atoms with Gasteiger partial charge in [0.2, 0.25) is 17.7 Å². The zero-order valence-corrected chi connectivity index (χ0v) is 13.6. The largest absolute Gasteiger partial charge is 0.421 e. The number of hydrogen-bond acceptors (Lipinski definition) is 4. The monoisotopic (exact) mass is 321 g/mol. The Morgan fingerprint density at radius 3 is 2.38 bits per heavy atom. The van der Waals surface area contributed by atoms with Crippen LogP contribution in [0.2, 0.25) is 0 Å². The van der Waals surface area contributed by atoms with Crippen LogP contribution in [0, 0.1) is 0 Å². The lowest BCUT2D eigenvalue weighted by Crippen LogP contribution is -2.26. The Morgan fingerprint density at radius 2 is 1.67 bits per heavy atom. The normalized spacial score (nSPS) is 10.5. The fourth-order valence-corrected chi connectivity index (χ4v) is 2.40. The molecule has 0 aliphatic rings. The van der Waals surface area contributed by atoms with Crippen LogP contribution in [-0.4, -0.2) is 28.1 Å². The Balaban J connectivity index is 1.54. The van der Waals surface area contributed by atoms with Crippen molar-refractivity contribution < 1.29 is 9.21 Å². The maximum Gasteiger partial charge on any atom is 0.247 e. The van der Waals surface area contributed by atoms with Crippen molar-refractivity contribution in [2.24, 2.45) is 0 Å². The molecule has 0 radical (unpaired) electrons. The minimum atomic E-state index is 0.0540. The highest BCUT2D eigenvalue weighted by Gasteiger charge is 2.13. The highest BCUT2D eigenvalue weighted by molar-refractivity contribution is 5.76. The van der Waals surface area contributed by atoms with Crippen molar-refractivity contribution in [3.63, 3.8) is 0 Å². The number of aromatic nitrogens is 2. The van der Waals surface area contributed by atoms with E-state index >= 15 is 0 Å². The van der Waals surface area contributed by atoms with Crippen molar-refractivity contribution >= 4 is 5.91 Å². The fourth-order valence-electron chi connectivity index (χ4n) is 2.40. The molecule has 1 amide bonds. The van der Waals surface area contributed by atoms with Crippen LogP contribution in [0.4, 0.5) is 0 Å². The number of benzene rings is 2. The lowest BCUT2D eigenvalue weighted by Gasteiger charge is -2.16. The second-order valence-corrected chi connectivity index (χ2v) is 5.60. The van der Waals surface area contributed by atoms with E-state index in [9.17, 15) is 4.79 Å². The maximum absolute atomic E-state index is 12.2. The van der Waals surface area contributed by atoms with E-state index in [1.807, 2.05) is 60.7 Å². The first kappa shape index (κ1) is 15.9. The third-order valence-corrected chi connectivity index (χ3v) is 3.73. The summed E-state index contributed by atoms with van der Waals surface area (Å²) in [6.45, 7) is 0.596. The molecule has 1 heterocycles. The van der Waals surface area contributed by atoms with E-state index in [0.717, 1.165) is 11.1 Å². The summed E-state index contributed by atoms with van der Waals surface area (Å²) < 4.78 is 5.63. The molecule has 0 bridgehead atoms. The molecule has 24 heavy (non-hydrogen) atoms. The number of nitrogens with zero attached hydrogens (tertiary/aromatic N) is 3. The van der Waals surface area contributed by atoms with Gasteiger partial charge in [-0.1, -0.05) is 48.5 Å². The Morgan fingerprint density at radius 1 is 1.00 bits per heavy atom. The molecule has 0 spiro atoms. The van der Waals surface area contributed by atoms with Gasteiger partial charge in [0.05, 0.1) is 0 Å². The summed E-state index contributed by atoms with van der Waals surface area (Å²) in [5.41, 5.74) is 1.99. The molecule has 1 aromatic heterocycles. The third kappa shape index (κ3) is 4.07. The summed E-state index contributed by atoms with van der Waals surface area (Å²) >= 11 is 0. The topological polar surface area (TPSA) is 59.2 Å². The molecule has 0 atom stereocenters. The van der Waals surface area contributed by atoms with Crippen molar-refractivity contribution in [2.75, 3.05) is 7.05 Å². The van der Waals surface area contributed by atoms with E-state index in [2.05, 4.69) is 10.2 Å². The first-order chi connectivity index (χ1) is 11.7. The summed E-state index contributed by atoms with van der Waals surface area (Å²) in [6.07, 6.45) is 0.789. The van der Waals surface area contributed by atoms with Gasteiger partial charge in [0.1, 0.15) is 0 Å². The van der Waals surface area contributed by atoms with Gasteiger partial charge >= 0.3 is 0 Å². The summed E-state index contributed by atoms with van der Waals surface area (Å²) in [5, 5.41) is 8.06. The van der Waals surface area contributed by atoms with Crippen LogP contribution >= 0.6 is 0 Å². The van der Waals surface area contributed by atoms with Gasteiger partial charge in [-0.05, 0) is 17.7 Å².